The number of morpholine rings is 1. The first kappa shape index (κ1) is 13.8. The average Bonchev–Trinajstić information content (AvgIpc) is 2.88. The summed E-state index contributed by atoms with van der Waals surface area (Å²) < 4.78 is 5.67. The highest BCUT2D eigenvalue weighted by Gasteiger charge is 2.43. The number of rotatable bonds is 1. The molecule has 0 bridgehead atoms. The highest BCUT2D eigenvalue weighted by molar-refractivity contribution is 5.78. The minimum atomic E-state index is 0.0829. The second-order valence-electron chi connectivity index (χ2n) is 6.11. The van der Waals surface area contributed by atoms with Crippen molar-refractivity contribution in [1.82, 2.24) is 14.7 Å². The van der Waals surface area contributed by atoms with E-state index in [2.05, 4.69) is 4.90 Å². The van der Waals surface area contributed by atoms with Crippen molar-refractivity contribution in [3.8, 4) is 0 Å². The average molecular weight is 281 g/mol. The normalized spacial score (nSPS) is 32.6. The number of hydrogen-bond donors (Lipinski definition) is 0. The Balaban J connectivity index is 1.58. The van der Waals surface area contributed by atoms with Crippen molar-refractivity contribution in [2.45, 2.75) is 38.0 Å². The number of carbonyl (C=O) groups is 2. The summed E-state index contributed by atoms with van der Waals surface area (Å²) in [5, 5.41) is 0. The van der Waals surface area contributed by atoms with Gasteiger partial charge >= 0.3 is 0 Å². The highest BCUT2D eigenvalue weighted by atomic mass is 16.5. The maximum atomic E-state index is 11.7. The van der Waals surface area contributed by atoms with Crippen LogP contribution in [-0.4, -0.2) is 84.5 Å². The van der Waals surface area contributed by atoms with Gasteiger partial charge in [0.25, 0.3) is 0 Å². The third kappa shape index (κ3) is 2.42. The van der Waals surface area contributed by atoms with E-state index in [1.165, 1.54) is 0 Å². The van der Waals surface area contributed by atoms with Crippen LogP contribution in [0.15, 0.2) is 0 Å². The van der Waals surface area contributed by atoms with Gasteiger partial charge in [-0.15, -0.1) is 0 Å². The Bertz CT molecular complexity index is 406. The van der Waals surface area contributed by atoms with Gasteiger partial charge in [-0.25, -0.2) is 0 Å². The van der Waals surface area contributed by atoms with E-state index >= 15 is 0 Å². The second-order valence-corrected chi connectivity index (χ2v) is 6.11. The molecule has 6 nitrogen and oxygen atoms in total. The smallest absolute Gasteiger partial charge is 0.248 e. The van der Waals surface area contributed by atoms with Gasteiger partial charge in [0.1, 0.15) is 6.61 Å². The molecule has 2 atom stereocenters. The fraction of sp³-hybridized carbons (Fsp3) is 0.857. The van der Waals surface area contributed by atoms with Crippen LogP contribution in [0.3, 0.4) is 0 Å². The number of hydrogen-bond acceptors (Lipinski definition) is 4. The molecule has 0 N–H and O–H groups in total. The number of nitrogens with zero attached hydrogens (tertiary/aromatic N) is 3. The molecular weight excluding hydrogens is 258 g/mol. The summed E-state index contributed by atoms with van der Waals surface area (Å²) in [6.45, 7) is 5.36. The third-order valence-electron chi connectivity index (χ3n) is 5.00. The fourth-order valence-corrected chi connectivity index (χ4v) is 3.63. The van der Waals surface area contributed by atoms with Gasteiger partial charge in [-0.3, -0.25) is 14.5 Å². The van der Waals surface area contributed by atoms with Crippen LogP contribution in [0.2, 0.25) is 0 Å². The minimum Gasteiger partial charge on any atom is -0.365 e. The van der Waals surface area contributed by atoms with Gasteiger partial charge in [0, 0.05) is 46.2 Å². The van der Waals surface area contributed by atoms with Crippen LogP contribution >= 0.6 is 0 Å². The van der Waals surface area contributed by atoms with Gasteiger partial charge in [0.05, 0.1) is 12.1 Å². The molecule has 0 saturated carbocycles. The van der Waals surface area contributed by atoms with Crippen LogP contribution in [-0.2, 0) is 14.3 Å². The number of ether oxygens (including phenoxy) is 1. The molecule has 3 fully saturated rings. The Morgan fingerprint density at radius 1 is 1.25 bits per heavy atom. The zero-order valence-electron chi connectivity index (χ0n) is 12.2. The Hall–Kier alpha value is -1.14. The molecule has 112 valence electrons. The topological polar surface area (TPSA) is 53.1 Å². The van der Waals surface area contributed by atoms with E-state index in [9.17, 15) is 9.59 Å². The van der Waals surface area contributed by atoms with Crippen LogP contribution in [0.4, 0.5) is 0 Å². The molecule has 0 radical (unpaired) electrons. The van der Waals surface area contributed by atoms with E-state index in [0.717, 1.165) is 39.0 Å². The summed E-state index contributed by atoms with van der Waals surface area (Å²) in [6.07, 6.45) is 2.21. The van der Waals surface area contributed by atoms with Gasteiger partial charge < -0.3 is 14.5 Å². The van der Waals surface area contributed by atoms with Crippen LogP contribution in [0, 0.1) is 0 Å². The van der Waals surface area contributed by atoms with Crippen LogP contribution in [0.1, 0.15) is 19.8 Å². The SMILES string of the molecule is CC(=O)N1CCC(N2CC3OCC(=O)N(C)C3C2)CC1. The molecule has 3 aliphatic heterocycles. The lowest BCUT2D eigenvalue weighted by Crippen LogP contribution is -2.52. The predicted molar refractivity (Wildman–Crippen MR) is 73.1 cm³/mol. The van der Waals surface area contributed by atoms with Crippen molar-refractivity contribution >= 4 is 11.8 Å². The first-order valence-corrected chi connectivity index (χ1v) is 7.43. The number of likely N-dealkylation sites (tertiary alicyclic amines) is 2. The fourth-order valence-electron chi connectivity index (χ4n) is 3.63. The summed E-state index contributed by atoms with van der Waals surface area (Å²) in [5.41, 5.74) is 0. The lowest BCUT2D eigenvalue weighted by Gasteiger charge is -2.36. The summed E-state index contributed by atoms with van der Waals surface area (Å²) >= 11 is 0. The summed E-state index contributed by atoms with van der Waals surface area (Å²) in [7, 11) is 1.88. The first-order chi connectivity index (χ1) is 9.56. The zero-order valence-corrected chi connectivity index (χ0v) is 12.2. The number of likely N-dealkylation sites (N-methyl/N-ethyl adjacent to an activating group) is 1. The number of piperidine rings is 1. The highest BCUT2D eigenvalue weighted by Crippen LogP contribution is 2.27. The van der Waals surface area contributed by atoms with Crippen molar-refractivity contribution in [2.75, 3.05) is 39.8 Å². The van der Waals surface area contributed by atoms with Gasteiger partial charge in [-0.1, -0.05) is 0 Å². The predicted octanol–water partition coefficient (Wildman–Crippen LogP) is -0.461. The molecule has 3 saturated heterocycles. The number of carbonyl (C=O) groups excluding carboxylic acids is 2. The van der Waals surface area contributed by atoms with E-state index in [1.54, 1.807) is 6.92 Å². The third-order valence-corrected chi connectivity index (χ3v) is 5.00. The molecule has 3 heterocycles. The van der Waals surface area contributed by atoms with Crippen molar-refractivity contribution < 1.29 is 14.3 Å². The quantitative estimate of drug-likeness (QED) is 0.652. The van der Waals surface area contributed by atoms with Gasteiger partial charge in [-0.05, 0) is 12.8 Å². The van der Waals surface area contributed by atoms with E-state index < -0.39 is 0 Å². The molecule has 0 aliphatic carbocycles. The molecule has 0 aromatic rings. The van der Waals surface area contributed by atoms with E-state index in [1.807, 2.05) is 16.8 Å². The number of fused-ring (bicyclic) bond motifs is 1. The Morgan fingerprint density at radius 2 is 1.95 bits per heavy atom. The lowest BCUT2D eigenvalue weighted by molar-refractivity contribution is -0.150. The molecule has 2 amide bonds. The summed E-state index contributed by atoms with van der Waals surface area (Å²) in [4.78, 5) is 29.2. The molecule has 2 unspecified atom stereocenters. The van der Waals surface area contributed by atoms with E-state index in [0.29, 0.717) is 6.04 Å². The van der Waals surface area contributed by atoms with Crippen LogP contribution < -0.4 is 0 Å². The maximum Gasteiger partial charge on any atom is 0.248 e. The lowest BCUT2D eigenvalue weighted by atomic mass is 10.0. The Labute approximate surface area is 119 Å². The zero-order chi connectivity index (χ0) is 14.3. The molecule has 0 aromatic carbocycles. The van der Waals surface area contributed by atoms with Crippen LogP contribution in [0.25, 0.3) is 0 Å². The molecule has 3 rings (SSSR count). The van der Waals surface area contributed by atoms with Crippen molar-refractivity contribution in [1.29, 1.82) is 0 Å². The van der Waals surface area contributed by atoms with Crippen molar-refractivity contribution in [3.05, 3.63) is 0 Å². The molecule has 0 aromatic heterocycles. The molecule has 3 aliphatic rings. The largest absolute Gasteiger partial charge is 0.365 e. The first-order valence-electron chi connectivity index (χ1n) is 7.43. The van der Waals surface area contributed by atoms with E-state index in [-0.39, 0.29) is 30.6 Å². The summed E-state index contributed by atoms with van der Waals surface area (Å²) in [6, 6.07) is 0.713. The number of amides is 2. The molecular formula is C14H23N3O3. The molecule has 0 spiro atoms. The van der Waals surface area contributed by atoms with Crippen molar-refractivity contribution in [3.63, 3.8) is 0 Å². The standard InChI is InChI=1S/C14H23N3O3/c1-10(18)16-5-3-11(4-6-16)17-7-12-13(8-17)20-9-14(19)15(12)2/h11-13H,3-9H2,1-2H3. The minimum absolute atomic E-state index is 0.0829. The van der Waals surface area contributed by atoms with Gasteiger partial charge in [0.2, 0.25) is 11.8 Å². The van der Waals surface area contributed by atoms with Gasteiger partial charge in [-0.2, -0.15) is 0 Å². The second kappa shape index (κ2) is 5.33. The molecule has 20 heavy (non-hydrogen) atoms. The van der Waals surface area contributed by atoms with E-state index in [4.69, 9.17) is 4.74 Å². The molecule has 6 heteroatoms. The Morgan fingerprint density at radius 3 is 2.60 bits per heavy atom. The Kier molecular flexibility index (Phi) is 3.69. The van der Waals surface area contributed by atoms with Crippen molar-refractivity contribution in [2.24, 2.45) is 0 Å². The summed E-state index contributed by atoms with van der Waals surface area (Å²) in [5.74, 6) is 0.256. The van der Waals surface area contributed by atoms with Crippen LogP contribution in [0.5, 0.6) is 0 Å². The monoisotopic (exact) mass is 281 g/mol. The van der Waals surface area contributed by atoms with Gasteiger partial charge in [0.15, 0.2) is 0 Å². The maximum absolute atomic E-state index is 11.7.